The Labute approximate surface area is 121 Å². The van der Waals surface area contributed by atoms with E-state index in [4.69, 9.17) is 4.42 Å². The average molecular weight is 278 g/mol. The van der Waals surface area contributed by atoms with E-state index in [1.807, 2.05) is 17.9 Å². The Bertz CT molecular complexity index is 441. The first kappa shape index (κ1) is 15.1. The highest BCUT2D eigenvalue weighted by molar-refractivity contribution is 5.91. The molecule has 1 saturated heterocycles. The van der Waals surface area contributed by atoms with Crippen molar-refractivity contribution in [3.8, 4) is 0 Å². The number of furan rings is 1. The Morgan fingerprint density at radius 2 is 2.25 bits per heavy atom. The smallest absolute Gasteiger partial charge is 0.289 e. The Morgan fingerprint density at radius 1 is 1.45 bits per heavy atom. The largest absolute Gasteiger partial charge is 0.456 e. The van der Waals surface area contributed by atoms with Crippen LogP contribution in [-0.4, -0.2) is 36.5 Å². The van der Waals surface area contributed by atoms with Crippen LogP contribution >= 0.6 is 0 Å². The van der Waals surface area contributed by atoms with Gasteiger partial charge in [0.15, 0.2) is 5.76 Å². The number of rotatable bonds is 5. The van der Waals surface area contributed by atoms with Crippen molar-refractivity contribution in [2.24, 2.45) is 5.92 Å². The molecule has 112 valence electrons. The van der Waals surface area contributed by atoms with Gasteiger partial charge in [0.05, 0.1) is 0 Å². The van der Waals surface area contributed by atoms with E-state index in [2.05, 4.69) is 19.2 Å². The van der Waals surface area contributed by atoms with E-state index in [1.165, 1.54) is 0 Å². The van der Waals surface area contributed by atoms with Crippen molar-refractivity contribution in [2.75, 3.05) is 19.6 Å². The standard InChI is InChI=1S/C16H26N2O2/c1-4-9-17-14-8-10-18(11-13(14)5-2)16(19)15-7-6-12(3)20-15/h6-7,13-14,17H,4-5,8-11H2,1-3H3. The molecule has 1 aliphatic heterocycles. The van der Waals surface area contributed by atoms with E-state index in [0.29, 0.717) is 17.7 Å². The van der Waals surface area contributed by atoms with Gasteiger partial charge in [-0.15, -0.1) is 0 Å². The van der Waals surface area contributed by atoms with Crippen LogP contribution in [0.5, 0.6) is 0 Å². The molecule has 0 saturated carbocycles. The highest BCUT2D eigenvalue weighted by atomic mass is 16.3. The molecule has 4 heteroatoms. The van der Waals surface area contributed by atoms with Crippen molar-refractivity contribution in [1.29, 1.82) is 0 Å². The maximum Gasteiger partial charge on any atom is 0.289 e. The molecule has 1 amide bonds. The molecule has 2 atom stereocenters. The van der Waals surface area contributed by atoms with Gasteiger partial charge in [-0.1, -0.05) is 20.3 Å². The minimum Gasteiger partial charge on any atom is -0.456 e. The van der Waals surface area contributed by atoms with Crippen LogP contribution in [0, 0.1) is 12.8 Å². The number of hydrogen-bond donors (Lipinski definition) is 1. The number of piperidine rings is 1. The van der Waals surface area contributed by atoms with Crippen LogP contribution < -0.4 is 5.32 Å². The SMILES string of the molecule is CCCNC1CCN(C(=O)c2ccc(C)o2)CC1CC. The number of carbonyl (C=O) groups excluding carboxylic acids is 1. The first-order valence-electron chi connectivity index (χ1n) is 7.74. The van der Waals surface area contributed by atoms with Crippen molar-refractivity contribution < 1.29 is 9.21 Å². The molecule has 1 aromatic heterocycles. The summed E-state index contributed by atoms with van der Waals surface area (Å²) in [5.74, 6) is 1.83. The number of nitrogens with zero attached hydrogens (tertiary/aromatic N) is 1. The topological polar surface area (TPSA) is 45.5 Å². The monoisotopic (exact) mass is 278 g/mol. The van der Waals surface area contributed by atoms with Crippen LogP contribution in [0.3, 0.4) is 0 Å². The predicted molar refractivity (Wildman–Crippen MR) is 79.8 cm³/mol. The van der Waals surface area contributed by atoms with Gasteiger partial charge in [-0.3, -0.25) is 4.79 Å². The summed E-state index contributed by atoms with van der Waals surface area (Å²) in [6.45, 7) is 8.97. The predicted octanol–water partition coefficient (Wildman–Crippen LogP) is 2.83. The summed E-state index contributed by atoms with van der Waals surface area (Å²) in [6, 6.07) is 4.17. The normalized spacial score (nSPS) is 23.1. The van der Waals surface area contributed by atoms with E-state index < -0.39 is 0 Å². The summed E-state index contributed by atoms with van der Waals surface area (Å²) < 4.78 is 5.45. The summed E-state index contributed by atoms with van der Waals surface area (Å²) in [7, 11) is 0. The number of carbonyl (C=O) groups is 1. The quantitative estimate of drug-likeness (QED) is 0.901. The fourth-order valence-corrected chi connectivity index (χ4v) is 2.93. The maximum absolute atomic E-state index is 12.4. The van der Waals surface area contributed by atoms with Crippen LogP contribution in [-0.2, 0) is 0 Å². The molecule has 1 fully saturated rings. The van der Waals surface area contributed by atoms with Crippen LogP contribution in [0.25, 0.3) is 0 Å². The minimum absolute atomic E-state index is 0.0329. The molecule has 1 aromatic rings. The van der Waals surface area contributed by atoms with Crippen molar-refractivity contribution in [3.05, 3.63) is 23.7 Å². The summed E-state index contributed by atoms with van der Waals surface area (Å²) >= 11 is 0. The zero-order chi connectivity index (χ0) is 14.5. The number of aryl methyl sites for hydroxylation is 1. The van der Waals surface area contributed by atoms with E-state index >= 15 is 0 Å². The van der Waals surface area contributed by atoms with Gasteiger partial charge in [0.25, 0.3) is 5.91 Å². The molecule has 20 heavy (non-hydrogen) atoms. The highest BCUT2D eigenvalue weighted by Crippen LogP contribution is 2.22. The molecule has 0 aromatic carbocycles. The third-order valence-corrected chi connectivity index (χ3v) is 4.15. The molecule has 2 heterocycles. The van der Waals surface area contributed by atoms with Gasteiger partial charge in [0.1, 0.15) is 5.76 Å². The Morgan fingerprint density at radius 3 is 2.85 bits per heavy atom. The third-order valence-electron chi connectivity index (χ3n) is 4.15. The Kier molecular flexibility index (Phi) is 5.24. The van der Waals surface area contributed by atoms with Gasteiger partial charge < -0.3 is 14.6 Å². The van der Waals surface area contributed by atoms with Gasteiger partial charge in [-0.25, -0.2) is 0 Å². The van der Waals surface area contributed by atoms with Crippen LogP contribution in [0.1, 0.15) is 49.4 Å². The van der Waals surface area contributed by atoms with Crippen molar-refractivity contribution >= 4 is 5.91 Å². The lowest BCUT2D eigenvalue weighted by Crippen LogP contribution is -2.51. The molecule has 0 bridgehead atoms. The second-order valence-electron chi connectivity index (χ2n) is 5.68. The lowest BCUT2D eigenvalue weighted by molar-refractivity contribution is 0.0594. The van der Waals surface area contributed by atoms with Crippen molar-refractivity contribution in [2.45, 2.75) is 46.1 Å². The van der Waals surface area contributed by atoms with Crippen LogP contribution in [0.15, 0.2) is 16.5 Å². The third kappa shape index (κ3) is 3.42. The van der Waals surface area contributed by atoms with E-state index in [1.54, 1.807) is 6.07 Å². The maximum atomic E-state index is 12.4. The molecule has 0 radical (unpaired) electrons. The molecule has 4 nitrogen and oxygen atoms in total. The molecule has 1 aliphatic rings. The van der Waals surface area contributed by atoms with Crippen molar-refractivity contribution in [3.63, 3.8) is 0 Å². The summed E-state index contributed by atoms with van der Waals surface area (Å²) in [5.41, 5.74) is 0. The number of nitrogens with one attached hydrogen (secondary N) is 1. The first-order chi connectivity index (χ1) is 9.65. The van der Waals surface area contributed by atoms with Crippen LogP contribution in [0.4, 0.5) is 0 Å². The fourth-order valence-electron chi connectivity index (χ4n) is 2.93. The molecular weight excluding hydrogens is 252 g/mol. The number of hydrogen-bond acceptors (Lipinski definition) is 3. The van der Waals surface area contributed by atoms with Gasteiger partial charge >= 0.3 is 0 Å². The highest BCUT2D eigenvalue weighted by Gasteiger charge is 2.31. The number of likely N-dealkylation sites (tertiary alicyclic amines) is 1. The molecule has 1 N–H and O–H groups in total. The fraction of sp³-hybridized carbons (Fsp3) is 0.688. The average Bonchev–Trinajstić information content (AvgIpc) is 2.90. The van der Waals surface area contributed by atoms with E-state index in [9.17, 15) is 4.79 Å². The van der Waals surface area contributed by atoms with Gasteiger partial charge in [0.2, 0.25) is 0 Å². The van der Waals surface area contributed by atoms with Crippen LogP contribution in [0.2, 0.25) is 0 Å². The Hall–Kier alpha value is -1.29. The Balaban J connectivity index is 1.97. The molecule has 0 spiro atoms. The van der Waals surface area contributed by atoms with Gasteiger partial charge in [0, 0.05) is 19.1 Å². The molecule has 0 aliphatic carbocycles. The van der Waals surface area contributed by atoms with Gasteiger partial charge in [-0.05, 0) is 44.4 Å². The van der Waals surface area contributed by atoms with Crippen molar-refractivity contribution in [1.82, 2.24) is 10.2 Å². The second kappa shape index (κ2) is 6.93. The summed E-state index contributed by atoms with van der Waals surface area (Å²) in [6.07, 6.45) is 3.29. The lowest BCUT2D eigenvalue weighted by atomic mass is 9.89. The van der Waals surface area contributed by atoms with Gasteiger partial charge in [-0.2, -0.15) is 0 Å². The zero-order valence-corrected chi connectivity index (χ0v) is 12.8. The molecule has 2 unspecified atom stereocenters. The van der Waals surface area contributed by atoms with E-state index in [0.717, 1.165) is 44.7 Å². The lowest BCUT2D eigenvalue weighted by Gasteiger charge is -2.38. The van der Waals surface area contributed by atoms with E-state index in [-0.39, 0.29) is 5.91 Å². The summed E-state index contributed by atoms with van der Waals surface area (Å²) in [5, 5.41) is 3.61. The second-order valence-corrected chi connectivity index (χ2v) is 5.68. The molecular formula is C16H26N2O2. The number of amides is 1. The minimum atomic E-state index is 0.0329. The zero-order valence-electron chi connectivity index (χ0n) is 12.8. The summed E-state index contributed by atoms with van der Waals surface area (Å²) in [4.78, 5) is 14.3. The molecule has 2 rings (SSSR count). The first-order valence-corrected chi connectivity index (χ1v) is 7.74.